The van der Waals surface area contributed by atoms with Crippen LogP contribution in [0, 0.1) is 12.3 Å². The molecule has 0 aromatic heterocycles. The number of carbonyl (C=O) groups excluding carboxylic acids is 3. The lowest BCUT2D eigenvalue weighted by atomic mass is 10.1. The lowest BCUT2D eigenvalue weighted by molar-refractivity contribution is -0.136. The molecule has 2 heterocycles. The summed E-state index contributed by atoms with van der Waals surface area (Å²) in [6.07, 6.45) is 9.81. The highest BCUT2D eigenvalue weighted by Crippen LogP contribution is 2.38. The molecule has 7 nitrogen and oxygen atoms in total. The molecule has 0 spiro atoms. The van der Waals surface area contributed by atoms with Crippen LogP contribution in [0.1, 0.15) is 24.8 Å². The SMILES string of the molecule is C#CCOc1cc(Br)c(/C=C2\SC(=O)N(CC(=O)N3CCCCC3)C2=O)cc1OC. The number of ether oxygens (including phenoxy) is 2. The van der Waals surface area contributed by atoms with Gasteiger partial charge in [-0.15, -0.1) is 6.42 Å². The Morgan fingerprint density at radius 1 is 1.27 bits per heavy atom. The van der Waals surface area contributed by atoms with Crippen LogP contribution in [-0.4, -0.2) is 60.2 Å². The Labute approximate surface area is 187 Å². The summed E-state index contributed by atoms with van der Waals surface area (Å²) >= 11 is 4.25. The van der Waals surface area contributed by atoms with E-state index in [1.54, 1.807) is 23.1 Å². The van der Waals surface area contributed by atoms with Crippen LogP contribution >= 0.6 is 27.7 Å². The van der Waals surface area contributed by atoms with E-state index >= 15 is 0 Å². The molecule has 0 N–H and O–H groups in total. The Bertz CT molecular complexity index is 934. The van der Waals surface area contributed by atoms with Gasteiger partial charge in [-0.3, -0.25) is 19.3 Å². The average molecular weight is 493 g/mol. The predicted octanol–water partition coefficient (Wildman–Crippen LogP) is 3.52. The highest BCUT2D eigenvalue weighted by molar-refractivity contribution is 9.10. The van der Waals surface area contributed by atoms with Gasteiger partial charge in [-0.1, -0.05) is 21.9 Å². The number of carbonyl (C=O) groups is 3. The van der Waals surface area contributed by atoms with Gasteiger partial charge in [0.2, 0.25) is 5.91 Å². The van der Waals surface area contributed by atoms with Gasteiger partial charge in [-0.05, 0) is 54.8 Å². The van der Waals surface area contributed by atoms with Gasteiger partial charge in [-0.25, -0.2) is 0 Å². The van der Waals surface area contributed by atoms with Crippen LogP contribution in [-0.2, 0) is 9.59 Å². The van der Waals surface area contributed by atoms with Crippen LogP contribution in [0.2, 0.25) is 0 Å². The van der Waals surface area contributed by atoms with Crippen molar-refractivity contribution < 1.29 is 23.9 Å². The quantitative estimate of drug-likeness (QED) is 0.446. The van der Waals surface area contributed by atoms with Gasteiger partial charge in [-0.2, -0.15) is 0 Å². The molecule has 2 saturated heterocycles. The zero-order chi connectivity index (χ0) is 21.7. The molecule has 3 rings (SSSR count). The summed E-state index contributed by atoms with van der Waals surface area (Å²) in [5, 5.41) is -0.450. The number of thioether (sulfide) groups is 1. The Balaban J connectivity index is 1.78. The monoisotopic (exact) mass is 492 g/mol. The average Bonchev–Trinajstić information content (AvgIpc) is 3.01. The molecule has 2 aliphatic heterocycles. The van der Waals surface area contributed by atoms with E-state index < -0.39 is 11.1 Å². The Morgan fingerprint density at radius 3 is 2.67 bits per heavy atom. The van der Waals surface area contributed by atoms with Gasteiger partial charge in [0.15, 0.2) is 11.5 Å². The van der Waals surface area contributed by atoms with Crippen LogP contribution in [0.25, 0.3) is 6.08 Å². The van der Waals surface area contributed by atoms with Crippen LogP contribution in [0.5, 0.6) is 11.5 Å². The second-order valence-electron chi connectivity index (χ2n) is 6.73. The molecule has 0 radical (unpaired) electrons. The Hall–Kier alpha value is -2.44. The number of rotatable bonds is 6. The normalized spacial score (nSPS) is 18.0. The molecule has 0 aliphatic carbocycles. The molecular formula is C21H21BrN2O5S. The molecule has 2 aliphatic rings. The first kappa shape index (κ1) is 22.2. The first-order valence-electron chi connectivity index (χ1n) is 9.41. The van der Waals surface area contributed by atoms with Gasteiger partial charge in [0.1, 0.15) is 13.2 Å². The fourth-order valence-corrected chi connectivity index (χ4v) is 4.48. The maximum Gasteiger partial charge on any atom is 0.294 e. The minimum Gasteiger partial charge on any atom is -0.493 e. The lowest BCUT2D eigenvalue weighted by Gasteiger charge is -2.27. The standard InChI is InChI=1S/C21H21BrN2O5S/c1-3-9-29-17-12-15(22)14(10-16(17)28-2)11-18-20(26)24(21(27)30-18)13-19(25)23-7-5-4-6-8-23/h1,10-12H,4-9,13H2,2H3/b18-11-. The number of piperidine rings is 1. The van der Waals surface area contributed by atoms with Gasteiger partial charge in [0, 0.05) is 17.6 Å². The van der Waals surface area contributed by atoms with Crippen molar-refractivity contribution in [3.63, 3.8) is 0 Å². The third-order valence-electron chi connectivity index (χ3n) is 4.76. The summed E-state index contributed by atoms with van der Waals surface area (Å²) in [5.41, 5.74) is 0.632. The molecule has 9 heteroatoms. The maximum absolute atomic E-state index is 12.8. The fourth-order valence-electron chi connectivity index (χ4n) is 3.21. The van der Waals surface area contributed by atoms with E-state index in [1.165, 1.54) is 7.11 Å². The van der Waals surface area contributed by atoms with Crippen molar-refractivity contribution in [2.24, 2.45) is 0 Å². The molecule has 2 fully saturated rings. The molecule has 0 saturated carbocycles. The van der Waals surface area contributed by atoms with Crippen LogP contribution < -0.4 is 9.47 Å². The number of hydrogen-bond acceptors (Lipinski definition) is 6. The Morgan fingerprint density at radius 2 is 2.00 bits per heavy atom. The summed E-state index contributed by atoms with van der Waals surface area (Å²) in [5.74, 6) is 2.61. The van der Waals surface area contributed by atoms with E-state index in [0.29, 0.717) is 34.6 Å². The number of methoxy groups -OCH3 is 1. The molecule has 1 aromatic rings. The number of amides is 3. The lowest BCUT2D eigenvalue weighted by Crippen LogP contribution is -2.44. The third-order valence-corrected chi connectivity index (χ3v) is 6.35. The van der Waals surface area contributed by atoms with Crippen LogP contribution in [0.3, 0.4) is 0 Å². The topological polar surface area (TPSA) is 76.2 Å². The van der Waals surface area contributed by atoms with E-state index in [1.807, 2.05) is 0 Å². The molecule has 0 bridgehead atoms. The van der Waals surface area contributed by atoms with E-state index in [0.717, 1.165) is 35.9 Å². The smallest absolute Gasteiger partial charge is 0.294 e. The molecular weight excluding hydrogens is 472 g/mol. The maximum atomic E-state index is 12.8. The predicted molar refractivity (Wildman–Crippen MR) is 118 cm³/mol. The second-order valence-corrected chi connectivity index (χ2v) is 8.57. The van der Waals surface area contributed by atoms with E-state index in [4.69, 9.17) is 15.9 Å². The highest BCUT2D eigenvalue weighted by Gasteiger charge is 2.37. The Kier molecular flexibility index (Phi) is 7.45. The number of benzene rings is 1. The molecule has 0 unspecified atom stereocenters. The van der Waals surface area contributed by atoms with Gasteiger partial charge in [0.25, 0.3) is 11.1 Å². The van der Waals surface area contributed by atoms with E-state index in [2.05, 4.69) is 21.9 Å². The summed E-state index contributed by atoms with van der Waals surface area (Å²) in [6.45, 7) is 1.20. The minimum absolute atomic E-state index is 0.0894. The van der Waals surface area contributed by atoms with E-state index in [-0.39, 0.29) is 24.0 Å². The van der Waals surface area contributed by atoms with Gasteiger partial charge >= 0.3 is 0 Å². The first-order chi connectivity index (χ1) is 14.4. The summed E-state index contributed by atoms with van der Waals surface area (Å²) in [6, 6.07) is 3.37. The van der Waals surface area contributed by atoms with Crippen molar-refractivity contribution in [1.29, 1.82) is 0 Å². The van der Waals surface area contributed by atoms with Crippen LogP contribution in [0.4, 0.5) is 4.79 Å². The van der Waals surface area contributed by atoms with Crippen molar-refractivity contribution in [1.82, 2.24) is 9.80 Å². The van der Waals surface area contributed by atoms with Gasteiger partial charge in [0.05, 0.1) is 12.0 Å². The molecule has 30 heavy (non-hydrogen) atoms. The van der Waals surface area contributed by atoms with Gasteiger partial charge < -0.3 is 14.4 Å². The number of terminal acetylenes is 1. The molecule has 0 atom stereocenters. The molecule has 1 aromatic carbocycles. The highest BCUT2D eigenvalue weighted by atomic mass is 79.9. The first-order valence-corrected chi connectivity index (χ1v) is 11.0. The number of imide groups is 1. The zero-order valence-corrected chi connectivity index (χ0v) is 18.9. The molecule has 3 amide bonds. The van der Waals surface area contributed by atoms with E-state index in [9.17, 15) is 14.4 Å². The summed E-state index contributed by atoms with van der Waals surface area (Å²) in [4.78, 5) is 40.6. The van der Waals surface area contributed by atoms with Crippen molar-refractivity contribution in [2.75, 3.05) is 33.4 Å². The number of halogens is 1. The van der Waals surface area contributed by atoms with Crippen molar-refractivity contribution in [2.45, 2.75) is 19.3 Å². The number of likely N-dealkylation sites (tertiary alicyclic amines) is 1. The number of nitrogens with zero attached hydrogens (tertiary/aromatic N) is 2. The van der Waals surface area contributed by atoms with Crippen molar-refractivity contribution >= 4 is 50.8 Å². The largest absolute Gasteiger partial charge is 0.493 e. The second kappa shape index (κ2) is 10.0. The molecule has 158 valence electrons. The zero-order valence-electron chi connectivity index (χ0n) is 16.5. The minimum atomic E-state index is -0.478. The number of hydrogen-bond donors (Lipinski definition) is 0. The van der Waals surface area contributed by atoms with Crippen LogP contribution in [0.15, 0.2) is 21.5 Å². The third kappa shape index (κ3) is 4.99. The summed E-state index contributed by atoms with van der Waals surface area (Å²) < 4.78 is 11.4. The fraction of sp³-hybridized carbons (Fsp3) is 0.381. The summed E-state index contributed by atoms with van der Waals surface area (Å²) in [7, 11) is 1.50. The van der Waals surface area contributed by atoms with Crippen molar-refractivity contribution in [3.05, 3.63) is 27.1 Å². The van der Waals surface area contributed by atoms with Crippen molar-refractivity contribution in [3.8, 4) is 23.8 Å².